The van der Waals surface area contributed by atoms with Crippen molar-refractivity contribution in [3.8, 4) is 11.5 Å². The molecule has 0 unspecified atom stereocenters. The monoisotopic (exact) mass is 376 g/mol. The maximum atomic E-state index is 12.2. The van der Waals surface area contributed by atoms with Crippen LogP contribution in [-0.4, -0.2) is 25.8 Å². The molecule has 5 nitrogen and oxygen atoms in total. The second-order valence-electron chi connectivity index (χ2n) is 4.55. The first kappa shape index (κ1) is 17.0. The number of benzene rings is 2. The number of nitrogens with zero attached hydrogens (tertiary/aromatic N) is 1. The molecule has 0 aliphatic carbocycles. The Morgan fingerprint density at radius 1 is 1.30 bits per heavy atom. The van der Waals surface area contributed by atoms with Gasteiger partial charge in [-0.2, -0.15) is 5.10 Å². The van der Waals surface area contributed by atoms with Crippen LogP contribution < -0.4 is 14.9 Å². The second kappa shape index (κ2) is 8.33. The molecule has 1 amide bonds. The van der Waals surface area contributed by atoms with Crippen LogP contribution in [0, 0.1) is 0 Å². The van der Waals surface area contributed by atoms with Crippen molar-refractivity contribution in [1.29, 1.82) is 0 Å². The van der Waals surface area contributed by atoms with E-state index in [0.29, 0.717) is 17.9 Å². The second-order valence-corrected chi connectivity index (χ2v) is 5.46. The Labute approximate surface area is 143 Å². The van der Waals surface area contributed by atoms with Crippen LogP contribution in [0.5, 0.6) is 11.5 Å². The number of rotatable bonds is 6. The minimum absolute atomic E-state index is 0.347. The molecule has 0 atom stereocenters. The van der Waals surface area contributed by atoms with Gasteiger partial charge in [0.25, 0.3) is 5.91 Å². The highest BCUT2D eigenvalue weighted by atomic mass is 79.9. The molecule has 0 saturated heterocycles. The molecule has 0 aromatic heterocycles. The topological polar surface area (TPSA) is 59.9 Å². The highest BCUT2D eigenvalue weighted by molar-refractivity contribution is 9.10. The number of carbonyl (C=O) groups excluding carboxylic acids is 1. The van der Waals surface area contributed by atoms with E-state index in [-0.39, 0.29) is 5.91 Å². The van der Waals surface area contributed by atoms with Crippen molar-refractivity contribution in [2.75, 3.05) is 13.7 Å². The first-order valence-electron chi connectivity index (χ1n) is 7.04. The number of carbonyl (C=O) groups is 1. The van der Waals surface area contributed by atoms with Crippen molar-refractivity contribution in [3.05, 3.63) is 58.1 Å². The third-order valence-electron chi connectivity index (χ3n) is 2.95. The molecule has 2 aromatic carbocycles. The van der Waals surface area contributed by atoms with Crippen molar-refractivity contribution < 1.29 is 14.3 Å². The summed E-state index contributed by atoms with van der Waals surface area (Å²) >= 11 is 3.33. The summed E-state index contributed by atoms with van der Waals surface area (Å²) in [6.07, 6.45) is 1.56. The Balaban J connectivity index is 2.07. The molecule has 0 aliphatic heterocycles. The van der Waals surface area contributed by atoms with Gasteiger partial charge in [-0.1, -0.05) is 28.1 Å². The number of nitrogens with one attached hydrogen (secondary N) is 1. The maximum Gasteiger partial charge on any atom is 0.275 e. The normalized spacial score (nSPS) is 10.6. The van der Waals surface area contributed by atoms with Crippen molar-refractivity contribution >= 4 is 28.1 Å². The van der Waals surface area contributed by atoms with Gasteiger partial charge in [0.2, 0.25) is 0 Å². The van der Waals surface area contributed by atoms with Gasteiger partial charge in [-0.15, -0.1) is 0 Å². The number of hydrogen-bond donors (Lipinski definition) is 1. The largest absolute Gasteiger partial charge is 0.496 e. The van der Waals surface area contributed by atoms with Crippen molar-refractivity contribution in [3.63, 3.8) is 0 Å². The van der Waals surface area contributed by atoms with Gasteiger partial charge in [0.05, 0.1) is 25.5 Å². The zero-order valence-electron chi connectivity index (χ0n) is 12.9. The lowest BCUT2D eigenvalue weighted by atomic mass is 10.2. The van der Waals surface area contributed by atoms with E-state index in [0.717, 1.165) is 15.8 Å². The van der Waals surface area contributed by atoms with Crippen LogP contribution in [0.3, 0.4) is 0 Å². The number of hydrogen-bond acceptors (Lipinski definition) is 4. The van der Waals surface area contributed by atoms with Crippen molar-refractivity contribution in [2.24, 2.45) is 5.10 Å². The lowest BCUT2D eigenvalue weighted by Crippen LogP contribution is -2.18. The first-order valence-corrected chi connectivity index (χ1v) is 7.83. The third kappa shape index (κ3) is 4.82. The SMILES string of the molecule is CCOc1cccc(/C=N\NC(=O)c2cc(Br)ccc2OC)c1. The van der Waals surface area contributed by atoms with Crippen molar-refractivity contribution in [1.82, 2.24) is 5.43 Å². The lowest BCUT2D eigenvalue weighted by Gasteiger charge is -2.07. The molecule has 2 rings (SSSR count). The summed E-state index contributed by atoms with van der Waals surface area (Å²) in [5, 5.41) is 3.97. The van der Waals surface area contributed by atoms with Gasteiger partial charge in [-0.3, -0.25) is 4.79 Å². The van der Waals surface area contributed by atoms with Gasteiger partial charge >= 0.3 is 0 Å². The standard InChI is InChI=1S/C17H17BrN2O3/c1-3-23-14-6-4-5-12(9-14)11-19-20-17(21)15-10-13(18)7-8-16(15)22-2/h4-11H,3H2,1-2H3,(H,20,21)/b19-11-. The molecule has 0 saturated carbocycles. The van der Waals surface area contributed by atoms with E-state index in [9.17, 15) is 4.79 Å². The first-order chi connectivity index (χ1) is 11.1. The van der Waals surface area contributed by atoms with Gasteiger partial charge in [-0.25, -0.2) is 5.43 Å². The van der Waals surface area contributed by atoms with Gasteiger partial charge in [-0.05, 0) is 42.8 Å². The lowest BCUT2D eigenvalue weighted by molar-refractivity contribution is 0.0952. The predicted molar refractivity (Wildman–Crippen MR) is 93.4 cm³/mol. The summed E-state index contributed by atoms with van der Waals surface area (Å²) < 4.78 is 11.4. The van der Waals surface area contributed by atoms with Crippen LogP contribution >= 0.6 is 15.9 Å². The molecule has 0 spiro atoms. The highest BCUT2D eigenvalue weighted by Crippen LogP contribution is 2.22. The summed E-state index contributed by atoms with van der Waals surface area (Å²) in [7, 11) is 1.52. The minimum Gasteiger partial charge on any atom is -0.496 e. The smallest absolute Gasteiger partial charge is 0.275 e. The number of hydrazone groups is 1. The molecule has 0 radical (unpaired) electrons. The molecular formula is C17H17BrN2O3. The molecule has 0 fully saturated rings. The van der Waals surface area contributed by atoms with Gasteiger partial charge < -0.3 is 9.47 Å². The quantitative estimate of drug-likeness (QED) is 0.618. The fourth-order valence-corrected chi connectivity index (χ4v) is 2.30. The van der Waals surface area contributed by atoms with Crippen LogP contribution in [0.1, 0.15) is 22.8 Å². The van der Waals surface area contributed by atoms with Crippen LogP contribution in [0.2, 0.25) is 0 Å². The Morgan fingerprint density at radius 3 is 2.87 bits per heavy atom. The average molecular weight is 377 g/mol. The van der Waals surface area contributed by atoms with Crippen LogP contribution in [0.25, 0.3) is 0 Å². The van der Waals surface area contributed by atoms with E-state index >= 15 is 0 Å². The molecular weight excluding hydrogens is 360 g/mol. The van der Waals surface area contributed by atoms with E-state index in [1.807, 2.05) is 31.2 Å². The van der Waals surface area contributed by atoms with E-state index in [2.05, 4.69) is 26.5 Å². The number of halogens is 1. The highest BCUT2D eigenvalue weighted by Gasteiger charge is 2.11. The number of ether oxygens (including phenoxy) is 2. The zero-order valence-corrected chi connectivity index (χ0v) is 14.5. The van der Waals surface area contributed by atoms with Crippen molar-refractivity contribution in [2.45, 2.75) is 6.92 Å². The fourth-order valence-electron chi connectivity index (χ4n) is 1.93. The summed E-state index contributed by atoms with van der Waals surface area (Å²) in [4.78, 5) is 12.2. The molecule has 23 heavy (non-hydrogen) atoms. The number of amides is 1. The Hall–Kier alpha value is -2.34. The van der Waals surface area contributed by atoms with E-state index < -0.39 is 0 Å². The third-order valence-corrected chi connectivity index (χ3v) is 3.45. The molecule has 2 aromatic rings. The molecule has 0 bridgehead atoms. The van der Waals surface area contributed by atoms with Crippen LogP contribution in [0.15, 0.2) is 52.0 Å². The van der Waals surface area contributed by atoms with E-state index in [1.165, 1.54) is 7.11 Å². The number of methoxy groups -OCH3 is 1. The molecule has 0 heterocycles. The summed E-state index contributed by atoms with van der Waals surface area (Å²) in [5.74, 6) is 0.899. The van der Waals surface area contributed by atoms with Crippen LogP contribution in [0.4, 0.5) is 0 Å². The summed E-state index contributed by atoms with van der Waals surface area (Å²) in [5.41, 5.74) is 3.73. The molecule has 120 valence electrons. The predicted octanol–water partition coefficient (Wildman–Crippen LogP) is 3.62. The molecule has 0 aliphatic rings. The Bertz CT molecular complexity index is 717. The zero-order chi connectivity index (χ0) is 16.7. The van der Waals surface area contributed by atoms with E-state index in [4.69, 9.17) is 9.47 Å². The Kier molecular flexibility index (Phi) is 6.17. The fraction of sp³-hybridized carbons (Fsp3) is 0.176. The molecule has 6 heteroatoms. The Morgan fingerprint density at radius 2 is 2.13 bits per heavy atom. The van der Waals surface area contributed by atoms with E-state index in [1.54, 1.807) is 24.4 Å². The summed E-state index contributed by atoms with van der Waals surface area (Å²) in [6.45, 7) is 2.52. The average Bonchev–Trinajstić information content (AvgIpc) is 2.55. The summed E-state index contributed by atoms with van der Waals surface area (Å²) in [6, 6.07) is 12.7. The van der Waals surface area contributed by atoms with Gasteiger partial charge in [0, 0.05) is 4.47 Å². The minimum atomic E-state index is -0.347. The van der Waals surface area contributed by atoms with Gasteiger partial charge in [0.1, 0.15) is 11.5 Å². The molecule has 1 N–H and O–H groups in total. The van der Waals surface area contributed by atoms with Gasteiger partial charge in [0.15, 0.2) is 0 Å². The maximum absolute atomic E-state index is 12.2. The van der Waals surface area contributed by atoms with Crippen LogP contribution in [-0.2, 0) is 0 Å².